The average Bonchev–Trinajstić information content (AvgIpc) is 2.97. The van der Waals surface area contributed by atoms with Crippen LogP contribution in [0.2, 0.25) is 0 Å². The number of nitrogens with zero attached hydrogens (tertiary/aromatic N) is 1. The highest BCUT2D eigenvalue weighted by Gasteiger charge is 2.18. The van der Waals surface area contributed by atoms with Gasteiger partial charge in [0.05, 0.1) is 11.2 Å². The summed E-state index contributed by atoms with van der Waals surface area (Å²) in [6, 6.07) is 10.9. The molecule has 0 saturated carbocycles. The van der Waals surface area contributed by atoms with Crippen LogP contribution < -0.4 is 4.72 Å². The van der Waals surface area contributed by atoms with Crippen molar-refractivity contribution in [2.45, 2.75) is 11.1 Å². The molecule has 0 bridgehead atoms. The second kappa shape index (κ2) is 4.88. The molecule has 0 fully saturated rings. The SMILES string of the molecule is Cc1ccc2cccnc2c1NS(=O)(=O)c1cccs1. The summed E-state index contributed by atoms with van der Waals surface area (Å²) >= 11 is 1.19. The Morgan fingerprint density at radius 3 is 2.75 bits per heavy atom. The minimum absolute atomic E-state index is 0.296. The average molecular weight is 304 g/mol. The molecule has 3 aromatic rings. The first-order valence-corrected chi connectivity index (χ1v) is 8.35. The Labute approximate surface area is 121 Å². The smallest absolute Gasteiger partial charge is 0.271 e. The second-order valence-corrected chi connectivity index (χ2v) is 7.23. The van der Waals surface area contributed by atoms with Crippen molar-refractivity contribution in [2.75, 3.05) is 4.72 Å². The molecule has 4 nitrogen and oxygen atoms in total. The van der Waals surface area contributed by atoms with E-state index in [1.54, 1.807) is 23.7 Å². The van der Waals surface area contributed by atoms with E-state index in [1.165, 1.54) is 11.3 Å². The summed E-state index contributed by atoms with van der Waals surface area (Å²) in [6.45, 7) is 1.86. The monoisotopic (exact) mass is 304 g/mol. The molecule has 0 radical (unpaired) electrons. The molecular formula is C14H12N2O2S2. The second-order valence-electron chi connectivity index (χ2n) is 4.37. The number of aromatic nitrogens is 1. The number of rotatable bonds is 3. The van der Waals surface area contributed by atoms with Crippen molar-refractivity contribution < 1.29 is 8.42 Å². The first-order valence-electron chi connectivity index (χ1n) is 5.98. The van der Waals surface area contributed by atoms with Gasteiger partial charge >= 0.3 is 0 Å². The Morgan fingerprint density at radius 1 is 1.15 bits per heavy atom. The molecule has 20 heavy (non-hydrogen) atoms. The fraction of sp³-hybridized carbons (Fsp3) is 0.0714. The van der Waals surface area contributed by atoms with Crippen LogP contribution in [0.1, 0.15) is 5.56 Å². The minimum atomic E-state index is -3.56. The van der Waals surface area contributed by atoms with Crippen molar-refractivity contribution >= 4 is 38.0 Å². The van der Waals surface area contributed by atoms with E-state index in [1.807, 2.05) is 31.2 Å². The van der Waals surface area contributed by atoms with Crippen LogP contribution in [0.25, 0.3) is 10.9 Å². The summed E-state index contributed by atoms with van der Waals surface area (Å²) in [6.07, 6.45) is 1.66. The lowest BCUT2D eigenvalue weighted by Crippen LogP contribution is -2.13. The lowest BCUT2D eigenvalue weighted by molar-refractivity contribution is 0.603. The van der Waals surface area contributed by atoms with Crippen LogP contribution in [0.5, 0.6) is 0 Å². The molecule has 0 saturated heterocycles. The van der Waals surface area contributed by atoms with Crippen LogP contribution in [0, 0.1) is 6.92 Å². The zero-order valence-electron chi connectivity index (χ0n) is 10.7. The summed E-state index contributed by atoms with van der Waals surface area (Å²) in [5.41, 5.74) is 2.04. The third kappa shape index (κ3) is 2.28. The van der Waals surface area contributed by atoms with Crippen LogP contribution in [0.15, 0.2) is 52.2 Å². The Kier molecular flexibility index (Phi) is 3.19. The zero-order chi connectivity index (χ0) is 14.2. The highest BCUT2D eigenvalue weighted by atomic mass is 32.2. The Bertz CT molecular complexity index is 856. The molecule has 1 aromatic carbocycles. The summed E-state index contributed by atoms with van der Waals surface area (Å²) in [4.78, 5) is 4.28. The number of hydrogen-bond acceptors (Lipinski definition) is 4. The number of benzene rings is 1. The topological polar surface area (TPSA) is 59.1 Å². The van der Waals surface area contributed by atoms with Gasteiger partial charge in [-0.1, -0.05) is 24.3 Å². The van der Waals surface area contributed by atoms with Crippen molar-refractivity contribution in [1.82, 2.24) is 4.98 Å². The zero-order valence-corrected chi connectivity index (χ0v) is 12.3. The van der Waals surface area contributed by atoms with Gasteiger partial charge in [0, 0.05) is 11.6 Å². The van der Waals surface area contributed by atoms with Gasteiger partial charge in [0.15, 0.2) is 0 Å². The van der Waals surface area contributed by atoms with Gasteiger partial charge in [-0.15, -0.1) is 11.3 Å². The molecule has 2 aromatic heterocycles. The molecule has 6 heteroatoms. The number of sulfonamides is 1. The van der Waals surface area contributed by atoms with Crippen LogP contribution in [-0.2, 0) is 10.0 Å². The number of aryl methyl sites for hydroxylation is 1. The van der Waals surface area contributed by atoms with Gasteiger partial charge in [-0.05, 0) is 30.0 Å². The normalized spacial score (nSPS) is 11.7. The van der Waals surface area contributed by atoms with E-state index >= 15 is 0 Å². The van der Waals surface area contributed by atoms with Crippen molar-refractivity contribution in [1.29, 1.82) is 0 Å². The molecule has 1 N–H and O–H groups in total. The Morgan fingerprint density at radius 2 is 2.00 bits per heavy atom. The standard InChI is InChI=1S/C14H12N2O2S2/c1-10-6-7-11-4-2-8-15-14(11)13(10)16-20(17,18)12-5-3-9-19-12/h2-9,16H,1H3. The molecule has 0 spiro atoms. The van der Waals surface area contributed by atoms with Gasteiger partial charge < -0.3 is 0 Å². The van der Waals surface area contributed by atoms with E-state index in [2.05, 4.69) is 9.71 Å². The number of anilines is 1. The molecule has 0 atom stereocenters. The third-order valence-electron chi connectivity index (χ3n) is 2.98. The van der Waals surface area contributed by atoms with Gasteiger partial charge in [-0.3, -0.25) is 9.71 Å². The van der Waals surface area contributed by atoms with Gasteiger partial charge in [0.1, 0.15) is 4.21 Å². The van der Waals surface area contributed by atoms with Gasteiger partial charge in [0.25, 0.3) is 10.0 Å². The predicted molar refractivity (Wildman–Crippen MR) is 81.6 cm³/mol. The van der Waals surface area contributed by atoms with Crippen LogP contribution >= 0.6 is 11.3 Å². The maximum atomic E-state index is 12.3. The Hall–Kier alpha value is -1.92. The lowest BCUT2D eigenvalue weighted by atomic mass is 10.1. The minimum Gasteiger partial charge on any atom is -0.276 e. The molecule has 0 unspecified atom stereocenters. The largest absolute Gasteiger partial charge is 0.276 e. The van der Waals surface area contributed by atoms with Crippen molar-refractivity contribution in [2.24, 2.45) is 0 Å². The van der Waals surface area contributed by atoms with Gasteiger partial charge in [-0.2, -0.15) is 0 Å². The third-order valence-corrected chi connectivity index (χ3v) is 5.73. The van der Waals surface area contributed by atoms with Crippen molar-refractivity contribution in [3.8, 4) is 0 Å². The number of pyridine rings is 1. The molecule has 0 aliphatic heterocycles. The van der Waals surface area contributed by atoms with E-state index in [0.29, 0.717) is 15.4 Å². The van der Waals surface area contributed by atoms with Gasteiger partial charge in [0.2, 0.25) is 0 Å². The van der Waals surface area contributed by atoms with E-state index < -0.39 is 10.0 Å². The number of fused-ring (bicyclic) bond motifs is 1. The lowest BCUT2D eigenvalue weighted by Gasteiger charge is -2.11. The first-order chi connectivity index (χ1) is 9.58. The van der Waals surface area contributed by atoms with E-state index in [0.717, 1.165) is 10.9 Å². The number of thiophene rings is 1. The fourth-order valence-electron chi connectivity index (χ4n) is 1.98. The summed E-state index contributed by atoms with van der Waals surface area (Å²) in [5, 5.41) is 2.64. The van der Waals surface area contributed by atoms with Crippen LogP contribution in [-0.4, -0.2) is 13.4 Å². The van der Waals surface area contributed by atoms with Crippen molar-refractivity contribution in [3.63, 3.8) is 0 Å². The Balaban J connectivity index is 2.14. The summed E-state index contributed by atoms with van der Waals surface area (Å²) in [7, 11) is -3.56. The fourth-order valence-corrected chi connectivity index (χ4v) is 4.11. The molecule has 3 rings (SSSR count). The van der Waals surface area contributed by atoms with E-state index in [4.69, 9.17) is 0 Å². The quantitative estimate of drug-likeness (QED) is 0.806. The molecule has 0 aliphatic carbocycles. The van der Waals surface area contributed by atoms with Crippen molar-refractivity contribution in [3.05, 3.63) is 53.5 Å². The molecular weight excluding hydrogens is 292 g/mol. The molecule has 2 heterocycles. The van der Waals surface area contributed by atoms with Gasteiger partial charge in [-0.25, -0.2) is 8.42 Å². The number of nitrogens with one attached hydrogen (secondary N) is 1. The number of hydrogen-bond donors (Lipinski definition) is 1. The molecule has 102 valence electrons. The van der Waals surface area contributed by atoms with Crippen LogP contribution in [0.3, 0.4) is 0 Å². The summed E-state index contributed by atoms with van der Waals surface area (Å²) < 4.78 is 27.6. The predicted octanol–water partition coefficient (Wildman–Crippen LogP) is 3.41. The van der Waals surface area contributed by atoms with E-state index in [9.17, 15) is 8.42 Å². The maximum absolute atomic E-state index is 12.3. The highest BCUT2D eigenvalue weighted by molar-refractivity contribution is 7.94. The summed E-state index contributed by atoms with van der Waals surface area (Å²) in [5.74, 6) is 0. The highest BCUT2D eigenvalue weighted by Crippen LogP contribution is 2.28. The maximum Gasteiger partial charge on any atom is 0.271 e. The first kappa shape index (κ1) is 13.1. The van der Waals surface area contributed by atoms with Crippen LogP contribution in [0.4, 0.5) is 5.69 Å². The molecule has 0 amide bonds. The molecule has 0 aliphatic rings. The van der Waals surface area contributed by atoms with E-state index in [-0.39, 0.29) is 0 Å².